The van der Waals surface area contributed by atoms with Gasteiger partial charge in [0.1, 0.15) is 18.2 Å². The van der Waals surface area contributed by atoms with Crippen molar-refractivity contribution in [2.75, 3.05) is 31.2 Å². The zero-order valence-corrected chi connectivity index (χ0v) is 19.1. The van der Waals surface area contributed by atoms with Gasteiger partial charge in [-0.2, -0.15) is 0 Å². The fraction of sp³-hybridized carbons (Fsp3) is 0.346. The van der Waals surface area contributed by atoms with Gasteiger partial charge in [0.15, 0.2) is 0 Å². The van der Waals surface area contributed by atoms with Crippen LogP contribution in [0.5, 0.6) is 5.75 Å². The standard InChI is InChI=1S/C26H27FN4O3/c1-3-17-10-12-31(13-11-17)26-29-24(19-6-9-22(28-2)21(27)16-19)23(25(33)30-26)18-4-7-20(8-5-18)34-15-14-32/h4-9,16-17,32H,3,10-15H2,1H3,(H,29,30,33). The van der Waals surface area contributed by atoms with Crippen LogP contribution in [-0.2, 0) is 0 Å². The second-order valence-electron chi connectivity index (χ2n) is 8.33. The number of halogens is 1. The maximum Gasteiger partial charge on any atom is 0.260 e. The van der Waals surface area contributed by atoms with Crippen molar-refractivity contribution in [3.8, 4) is 28.1 Å². The molecule has 34 heavy (non-hydrogen) atoms. The first kappa shape index (κ1) is 23.5. The lowest BCUT2D eigenvalue weighted by molar-refractivity contribution is 0.201. The highest BCUT2D eigenvalue weighted by atomic mass is 19.1. The number of aliphatic hydroxyl groups is 1. The van der Waals surface area contributed by atoms with Gasteiger partial charge < -0.3 is 14.7 Å². The molecule has 0 atom stereocenters. The number of piperidine rings is 1. The fourth-order valence-electron chi connectivity index (χ4n) is 4.27. The minimum Gasteiger partial charge on any atom is -0.491 e. The normalized spacial score (nSPS) is 14.1. The molecule has 0 aliphatic carbocycles. The van der Waals surface area contributed by atoms with E-state index in [1.165, 1.54) is 12.1 Å². The summed E-state index contributed by atoms with van der Waals surface area (Å²) in [6.07, 6.45) is 3.19. The SMILES string of the molecule is [C-]#[N+]c1ccc(-c2nc(N3CCC(CC)CC3)[nH]c(=O)c2-c2ccc(OCCO)cc2)cc1F. The molecule has 0 radical (unpaired) electrons. The van der Waals surface area contributed by atoms with E-state index in [0.29, 0.717) is 40.0 Å². The largest absolute Gasteiger partial charge is 0.491 e. The van der Waals surface area contributed by atoms with Crippen molar-refractivity contribution in [3.63, 3.8) is 0 Å². The number of nitrogens with one attached hydrogen (secondary N) is 1. The Balaban J connectivity index is 1.80. The monoisotopic (exact) mass is 462 g/mol. The van der Waals surface area contributed by atoms with Crippen LogP contribution in [0.4, 0.5) is 16.0 Å². The van der Waals surface area contributed by atoms with E-state index in [1.807, 2.05) is 0 Å². The van der Waals surface area contributed by atoms with Crippen molar-refractivity contribution in [3.05, 3.63) is 70.1 Å². The topological polar surface area (TPSA) is 82.8 Å². The number of rotatable bonds is 7. The van der Waals surface area contributed by atoms with Crippen LogP contribution in [0, 0.1) is 18.3 Å². The molecule has 1 fully saturated rings. The maximum absolute atomic E-state index is 14.5. The molecular formula is C26H27FN4O3. The van der Waals surface area contributed by atoms with Crippen molar-refractivity contribution in [2.45, 2.75) is 26.2 Å². The van der Waals surface area contributed by atoms with Gasteiger partial charge in [-0.15, -0.1) is 0 Å². The Morgan fingerprint density at radius 2 is 1.91 bits per heavy atom. The molecule has 0 saturated carbocycles. The highest BCUT2D eigenvalue weighted by molar-refractivity contribution is 5.81. The minimum atomic E-state index is -0.654. The Morgan fingerprint density at radius 3 is 2.53 bits per heavy atom. The summed E-state index contributed by atoms with van der Waals surface area (Å²) in [7, 11) is 0. The lowest BCUT2D eigenvalue weighted by Crippen LogP contribution is -2.36. The molecule has 7 nitrogen and oxygen atoms in total. The summed E-state index contributed by atoms with van der Waals surface area (Å²) in [5.74, 6) is 1.05. The summed E-state index contributed by atoms with van der Waals surface area (Å²) in [6.45, 7) is 11.0. The predicted molar refractivity (Wildman–Crippen MR) is 130 cm³/mol. The summed E-state index contributed by atoms with van der Waals surface area (Å²) >= 11 is 0. The molecule has 0 spiro atoms. The number of H-pyrrole nitrogens is 1. The van der Waals surface area contributed by atoms with E-state index in [0.717, 1.165) is 32.4 Å². The number of aliphatic hydroxyl groups excluding tert-OH is 1. The van der Waals surface area contributed by atoms with Gasteiger partial charge in [0.25, 0.3) is 5.56 Å². The summed E-state index contributed by atoms with van der Waals surface area (Å²) in [5, 5.41) is 8.95. The van der Waals surface area contributed by atoms with Gasteiger partial charge in [0, 0.05) is 18.7 Å². The van der Waals surface area contributed by atoms with E-state index in [-0.39, 0.29) is 24.5 Å². The van der Waals surface area contributed by atoms with Crippen molar-refractivity contribution in [1.29, 1.82) is 0 Å². The van der Waals surface area contributed by atoms with Crippen LogP contribution >= 0.6 is 0 Å². The van der Waals surface area contributed by atoms with Gasteiger partial charge in [-0.25, -0.2) is 14.2 Å². The van der Waals surface area contributed by atoms with Gasteiger partial charge in [-0.05, 0) is 42.5 Å². The minimum absolute atomic E-state index is 0.0811. The molecule has 1 saturated heterocycles. The molecule has 1 aliphatic heterocycles. The zero-order valence-electron chi connectivity index (χ0n) is 19.1. The highest BCUT2D eigenvalue weighted by Gasteiger charge is 2.23. The average Bonchev–Trinajstić information content (AvgIpc) is 2.87. The third-order valence-electron chi connectivity index (χ3n) is 6.24. The smallest absolute Gasteiger partial charge is 0.260 e. The van der Waals surface area contributed by atoms with Crippen LogP contribution in [0.2, 0.25) is 0 Å². The number of hydrogen-bond donors (Lipinski definition) is 2. The second-order valence-corrected chi connectivity index (χ2v) is 8.33. The van der Waals surface area contributed by atoms with Crippen molar-refractivity contribution >= 4 is 11.6 Å². The molecule has 1 aliphatic rings. The van der Waals surface area contributed by atoms with Gasteiger partial charge in [0.05, 0.1) is 24.4 Å². The molecule has 0 bridgehead atoms. The van der Waals surface area contributed by atoms with Crippen LogP contribution in [-0.4, -0.2) is 41.4 Å². The summed E-state index contributed by atoms with van der Waals surface area (Å²) in [6, 6.07) is 11.2. The zero-order chi connectivity index (χ0) is 24.1. The molecule has 0 unspecified atom stereocenters. The van der Waals surface area contributed by atoms with Gasteiger partial charge in [0.2, 0.25) is 11.6 Å². The van der Waals surface area contributed by atoms with Crippen molar-refractivity contribution < 1.29 is 14.2 Å². The van der Waals surface area contributed by atoms with E-state index < -0.39 is 5.82 Å². The molecule has 4 rings (SSSR count). The lowest BCUT2D eigenvalue weighted by atomic mass is 9.94. The summed E-state index contributed by atoms with van der Waals surface area (Å²) < 4.78 is 19.9. The van der Waals surface area contributed by atoms with Crippen LogP contribution in [0.25, 0.3) is 27.2 Å². The molecule has 1 aromatic heterocycles. The average molecular weight is 463 g/mol. The van der Waals surface area contributed by atoms with Crippen LogP contribution in [0.3, 0.4) is 0 Å². The molecule has 3 aromatic rings. The van der Waals surface area contributed by atoms with E-state index >= 15 is 0 Å². The quantitative estimate of drug-likeness (QED) is 0.493. The molecule has 2 heterocycles. The summed E-state index contributed by atoms with van der Waals surface area (Å²) in [4.78, 5) is 26.3. The first-order valence-corrected chi connectivity index (χ1v) is 11.4. The van der Waals surface area contributed by atoms with E-state index in [2.05, 4.69) is 21.7 Å². The molecule has 176 valence electrons. The Hall–Kier alpha value is -3.70. The molecule has 0 amide bonds. The molecule has 2 aromatic carbocycles. The molecule has 2 N–H and O–H groups in total. The third kappa shape index (κ3) is 4.95. The number of anilines is 1. The Kier molecular flexibility index (Phi) is 7.24. The number of aromatic amines is 1. The van der Waals surface area contributed by atoms with Crippen LogP contribution < -0.4 is 15.2 Å². The number of ether oxygens (including phenoxy) is 1. The van der Waals surface area contributed by atoms with Gasteiger partial charge in [-0.1, -0.05) is 37.6 Å². The fourth-order valence-corrected chi connectivity index (χ4v) is 4.27. The highest BCUT2D eigenvalue weighted by Crippen LogP contribution is 2.33. The van der Waals surface area contributed by atoms with Crippen LogP contribution in [0.15, 0.2) is 47.3 Å². The Morgan fingerprint density at radius 1 is 1.21 bits per heavy atom. The maximum atomic E-state index is 14.5. The van der Waals surface area contributed by atoms with Crippen molar-refractivity contribution in [1.82, 2.24) is 9.97 Å². The van der Waals surface area contributed by atoms with Crippen molar-refractivity contribution in [2.24, 2.45) is 5.92 Å². The van der Waals surface area contributed by atoms with E-state index in [9.17, 15) is 9.18 Å². The number of benzene rings is 2. The molecule has 8 heteroatoms. The first-order chi connectivity index (χ1) is 16.5. The number of hydrogen-bond acceptors (Lipinski definition) is 5. The second kappa shape index (κ2) is 10.5. The Bertz CT molecular complexity index is 1240. The molecular weight excluding hydrogens is 435 g/mol. The number of nitrogens with zero attached hydrogens (tertiary/aromatic N) is 3. The van der Waals surface area contributed by atoms with Crippen LogP contribution in [0.1, 0.15) is 26.2 Å². The van der Waals surface area contributed by atoms with Gasteiger partial charge in [-0.3, -0.25) is 9.78 Å². The summed E-state index contributed by atoms with van der Waals surface area (Å²) in [5.41, 5.74) is 1.30. The number of aromatic nitrogens is 2. The Labute approximate surface area is 197 Å². The van der Waals surface area contributed by atoms with E-state index in [1.54, 1.807) is 30.3 Å². The lowest BCUT2D eigenvalue weighted by Gasteiger charge is -2.32. The van der Waals surface area contributed by atoms with E-state index in [4.69, 9.17) is 21.4 Å². The third-order valence-corrected chi connectivity index (χ3v) is 6.24. The first-order valence-electron chi connectivity index (χ1n) is 11.4. The van der Waals surface area contributed by atoms with Gasteiger partial charge >= 0.3 is 0 Å². The predicted octanol–water partition coefficient (Wildman–Crippen LogP) is 4.79.